The average Bonchev–Trinajstić information content (AvgIpc) is 2.82. The summed E-state index contributed by atoms with van der Waals surface area (Å²) in [6, 6.07) is 9.99. The molecule has 3 rings (SSSR count). The van der Waals surface area contributed by atoms with Gasteiger partial charge < -0.3 is 4.90 Å². The van der Waals surface area contributed by atoms with Gasteiger partial charge in [0.2, 0.25) is 26.0 Å². The van der Waals surface area contributed by atoms with Crippen LogP contribution in [0.3, 0.4) is 0 Å². The number of thioether (sulfide) groups is 1. The van der Waals surface area contributed by atoms with Crippen molar-refractivity contribution >= 4 is 37.7 Å². The molecule has 0 spiro atoms. The molecular formula is C22H28FN3O5S3. The van der Waals surface area contributed by atoms with Gasteiger partial charge in [-0.3, -0.25) is 4.79 Å². The number of rotatable bonds is 9. The molecular weight excluding hydrogens is 501 g/mol. The highest BCUT2D eigenvalue weighted by molar-refractivity contribution is 7.98. The summed E-state index contributed by atoms with van der Waals surface area (Å²) < 4.78 is 68.3. The van der Waals surface area contributed by atoms with Gasteiger partial charge in [0.15, 0.2) is 0 Å². The van der Waals surface area contributed by atoms with E-state index in [-0.39, 0.29) is 41.9 Å². The van der Waals surface area contributed by atoms with Gasteiger partial charge in [0.25, 0.3) is 0 Å². The summed E-state index contributed by atoms with van der Waals surface area (Å²) in [6.07, 6.45) is 2.17. The summed E-state index contributed by atoms with van der Waals surface area (Å²) in [7, 11) is -7.72. The Kier molecular flexibility index (Phi) is 8.74. The third-order valence-corrected chi connectivity index (χ3v) is 9.58. The SMILES string of the molecule is CSCC[C@@H](NS(=O)(=O)c1ccc(C)cc1)C(=O)N1CCN(S(=O)(=O)c2ccc(F)cc2)CC1. The quantitative estimate of drug-likeness (QED) is 0.534. The van der Waals surface area contributed by atoms with Crippen molar-refractivity contribution in [1.29, 1.82) is 0 Å². The lowest BCUT2D eigenvalue weighted by Crippen LogP contribution is -2.55. The van der Waals surface area contributed by atoms with E-state index in [1.807, 2.05) is 13.2 Å². The zero-order chi connectivity index (χ0) is 24.9. The fourth-order valence-electron chi connectivity index (χ4n) is 3.57. The van der Waals surface area contributed by atoms with E-state index in [1.165, 1.54) is 45.2 Å². The molecule has 0 aliphatic carbocycles. The van der Waals surface area contributed by atoms with Gasteiger partial charge in [-0.25, -0.2) is 21.2 Å². The number of piperazine rings is 1. The van der Waals surface area contributed by atoms with Gasteiger partial charge in [-0.1, -0.05) is 17.7 Å². The second-order valence-corrected chi connectivity index (χ2v) is 12.6. The fourth-order valence-corrected chi connectivity index (χ4v) is 6.68. The van der Waals surface area contributed by atoms with Gasteiger partial charge in [0.05, 0.1) is 9.79 Å². The molecule has 1 fully saturated rings. The van der Waals surface area contributed by atoms with Gasteiger partial charge in [0, 0.05) is 26.2 Å². The maximum Gasteiger partial charge on any atom is 0.243 e. The van der Waals surface area contributed by atoms with E-state index in [4.69, 9.17) is 0 Å². The lowest BCUT2D eigenvalue weighted by Gasteiger charge is -2.35. The standard InChI is InChI=1S/C22H28FN3O5S3/c1-17-3-7-19(8-4-17)33(28,29)24-21(11-16-32-2)22(27)25-12-14-26(15-13-25)34(30,31)20-9-5-18(23)6-10-20/h3-10,21,24H,11-16H2,1-2H3/t21-/m1/s1. The number of hydrogen-bond acceptors (Lipinski definition) is 6. The van der Waals surface area contributed by atoms with Crippen molar-refractivity contribution in [2.45, 2.75) is 29.2 Å². The molecule has 186 valence electrons. The van der Waals surface area contributed by atoms with E-state index >= 15 is 0 Å². The normalized spacial score (nSPS) is 16.4. The average molecular weight is 530 g/mol. The predicted octanol–water partition coefficient (Wildman–Crippen LogP) is 2.07. The van der Waals surface area contributed by atoms with Gasteiger partial charge >= 0.3 is 0 Å². The molecule has 1 aliphatic heterocycles. The Hall–Kier alpha value is -1.99. The number of amides is 1. The molecule has 0 unspecified atom stereocenters. The van der Waals surface area contributed by atoms with Crippen molar-refractivity contribution in [3.05, 3.63) is 59.9 Å². The Morgan fingerprint density at radius 2 is 1.53 bits per heavy atom. The molecule has 1 amide bonds. The molecule has 1 heterocycles. The summed E-state index contributed by atoms with van der Waals surface area (Å²) in [4.78, 5) is 14.8. The Bertz CT molecular complexity index is 1200. The molecule has 1 saturated heterocycles. The molecule has 12 heteroatoms. The summed E-state index contributed by atoms with van der Waals surface area (Å²) >= 11 is 1.50. The first-order chi connectivity index (χ1) is 16.0. The van der Waals surface area contributed by atoms with Crippen molar-refractivity contribution in [2.24, 2.45) is 0 Å². The summed E-state index contributed by atoms with van der Waals surface area (Å²) in [5.74, 6) is -0.339. The number of carbonyl (C=O) groups is 1. The molecule has 1 atom stereocenters. The minimum atomic E-state index is -3.91. The second-order valence-electron chi connectivity index (χ2n) is 7.95. The first kappa shape index (κ1) is 26.6. The number of benzene rings is 2. The summed E-state index contributed by atoms with van der Waals surface area (Å²) in [5.41, 5.74) is 0.919. The van der Waals surface area contributed by atoms with Gasteiger partial charge in [-0.2, -0.15) is 20.8 Å². The molecule has 1 aliphatic rings. The molecule has 8 nitrogen and oxygen atoms in total. The van der Waals surface area contributed by atoms with Gasteiger partial charge in [-0.15, -0.1) is 0 Å². The molecule has 1 N–H and O–H groups in total. The van der Waals surface area contributed by atoms with Crippen molar-refractivity contribution in [3.63, 3.8) is 0 Å². The van der Waals surface area contributed by atoms with Crippen LogP contribution >= 0.6 is 11.8 Å². The predicted molar refractivity (Wildman–Crippen MR) is 130 cm³/mol. The maximum absolute atomic E-state index is 13.2. The first-order valence-electron chi connectivity index (χ1n) is 10.7. The monoisotopic (exact) mass is 529 g/mol. The first-order valence-corrected chi connectivity index (χ1v) is 15.0. The van der Waals surface area contributed by atoms with Crippen LogP contribution in [0.5, 0.6) is 0 Å². The van der Waals surface area contributed by atoms with Crippen molar-refractivity contribution in [1.82, 2.24) is 13.9 Å². The van der Waals surface area contributed by atoms with Crippen LogP contribution in [0.15, 0.2) is 58.3 Å². The summed E-state index contributed by atoms with van der Waals surface area (Å²) in [5, 5.41) is 0. The summed E-state index contributed by atoms with van der Waals surface area (Å²) in [6.45, 7) is 2.23. The van der Waals surface area contributed by atoms with E-state index in [1.54, 1.807) is 12.1 Å². The van der Waals surface area contributed by atoms with Gasteiger partial charge in [-0.05, 0) is 61.8 Å². The highest BCUT2D eigenvalue weighted by Gasteiger charge is 2.34. The fraction of sp³-hybridized carbons (Fsp3) is 0.409. The number of carbonyl (C=O) groups excluding carboxylic acids is 1. The number of nitrogens with one attached hydrogen (secondary N) is 1. The minimum absolute atomic E-state index is 0.0163. The molecule has 0 radical (unpaired) electrons. The van der Waals surface area contributed by atoms with Crippen molar-refractivity contribution < 1.29 is 26.0 Å². The van der Waals surface area contributed by atoms with Crippen LogP contribution < -0.4 is 4.72 Å². The third kappa shape index (κ3) is 6.36. The minimum Gasteiger partial charge on any atom is -0.339 e. The van der Waals surface area contributed by atoms with E-state index in [0.29, 0.717) is 12.2 Å². The highest BCUT2D eigenvalue weighted by Crippen LogP contribution is 2.19. The lowest BCUT2D eigenvalue weighted by atomic mass is 10.2. The zero-order valence-electron chi connectivity index (χ0n) is 19.0. The van der Waals surface area contributed by atoms with E-state index in [0.717, 1.165) is 17.7 Å². The molecule has 2 aromatic carbocycles. The number of hydrogen-bond donors (Lipinski definition) is 1. The lowest BCUT2D eigenvalue weighted by molar-refractivity contribution is -0.134. The third-order valence-electron chi connectivity index (χ3n) is 5.54. The van der Waals surface area contributed by atoms with E-state index < -0.39 is 31.9 Å². The van der Waals surface area contributed by atoms with Crippen LogP contribution in [0.1, 0.15) is 12.0 Å². The molecule has 34 heavy (non-hydrogen) atoms. The van der Waals surface area contributed by atoms with Crippen LogP contribution in [0.4, 0.5) is 4.39 Å². The zero-order valence-corrected chi connectivity index (χ0v) is 21.4. The number of sulfonamides is 2. The largest absolute Gasteiger partial charge is 0.339 e. The second kappa shape index (κ2) is 11.2. The van der Waals surface area contributed by atoms with Crippen LogP contribution in [0.2, 0.25) is 0 Å². The smallest absolute Gasteiger partial charge is 0.243 e. The van der Waals surface area contributed by atoms with Crippen molar-refractivity contribution in [3.8, 4) is 0 Å². The van der Waals surface area contributed by atoms with Gasteiger partial charge in [0.1, 0.15) is 11.9 Å². The topological polar surface area (TPSA) is 104 Å². The number of nitrogens with zero attached hydrogens (tertiary/aromatic N) is 2. The maximum atomic E-state index is 13.2. The van der Waals surface area contributed by atoms with E-state index in [2.05, 4.69) is 4.72 Å². The Morgan fingerprint density at radius 1 is 0.971 bits per heavy atom. The number of halogens is 1. The van der Waals surface area contributed by atoms with Crippen molar-refractivity contribution in [2.75, 3.05) is 38.2 Å². The molecule has 0 saturated carbocycles. The Morgan fingerprint density at radius 3 is 2.09 bits per heavy atom. The highest BCUT2D eigenvalue weighted by atomic mass is 32.2. The molecule has 0 bridgehead atoms. The molecule has 0 aromatic heterocycles. The van der Waals surface area contributed by atoms with Crippen LogP contribution in [0.25, 0.3) is 0 Å². The van der Waals surface area contributed by atoms with Crippen LogP contribution in [-0.4, -0.2) is 76.2 Å². The van der Waals surface area contributed by atoms with E-state index in [9.17, 15) is 26.0 Å². The Labute approximate surface area is 204 Å². The molecule has 2 aromatic rings. The Balaban J connectivity index is 1.69. The number of aryl methyl sites for hydroxylation is 1. The van der Waals surface area contributed by atoms with Crippen LogP contribution in [-0.2, 0) is 24.8 Å². The van der Waals surface area contributed by atoms with Crippen LogP contribution in [0, 0.1) is 12.7 Å².